The van der Waals surface area contributed by atoms with Crippen LogP contribution in [-0.2, 0) is 39.4 Å². The Labute approximate surface area is 258 Å². The number of carbonyl (C=O) groups excluding carboxylic acids is 2. The maximum absolute atomic E-state index is 14.5. The number of hydrogen-bond acceptors (Lipinski definition) is 5. The van der Waals surface area contributed by atoms with Gasteiger partial charge in [0.15, 0.2) is 0 Å². The van der Waals surface area contributed by atoms with Crippen molar-refractivity contribution in [3.05, 3.63) is 116 Å². The number of nitrogens with one attached hydrogen (secondary N) is 2. The lowest BCUT2D eigenvalue weighted by Crippen LogP contribution is -2.42. The van der Waals surface area contributed by atoms with Gasteiger partial charge in [0.05, 0.1) is 16.9 Å². The number of aromatic nitrogens is 2. The van der Waals surface area contributed by atoms with Gasteiger partial charge in [-0.3, -0.25) is 14.4 Å². The van der Waals surface area contributed by atoms with Crippen LogP contribution >= 0.6 is 11.6 Å². The number of halogens is 6. The third-order valence-corrected chi connectivity index (χ3v) is 7.94. The Hall–Kier alpha value is -4.27. The lowest BCUT2D eigenvalue weighted by Gasteiger charge is -2.29. The molecular weight excluding hydrogens is 647 g/mol. The first-order valence-corrected chi connectivity index (χ1v) is 14.8. The normalized spacial score (nSPS) is 15.8. The van der Waals surface area contributed by atoms with Gasteiger partial charge in [0.1, 0.15) is 22.9 Å². The van der Waals surface area contributed by atoms with E-state index in [4.69, 9.17) is 22.8 Å². The van der Waals surface area contributed by atoms with Crippen molar-refractivity contribution in [3.63, 3.8) is 0 Å². The molecule has 1 unspecified atom stereocenters. The second-order valence-electron chi connectivity index (χ2n) is 9.60. The van der Waals surface area contributed by atoms with E-state index in [1.807, 2.05) is 0 Å². The van der Waals surface area contributed by atoms with Crippen LogP contribution in [0.3, 0.4) is 0 Å². The molecule has 4 aromatic rings. The molecule has 0 aliphatic carbocycles. The molecular formula is C29H18ClF5N4O3S2. The van der Waals surface area contributed by atoms with E-state index in [2.05, 4.69) is 15.6 Å². The number of pyridine rings is 2. The highest BCUT2D eigenvalue weighted by atomic mass is 35.5. The summed E-state index contributed by atoms with van der Waals surface area (Å²) < 4.78 is 70.3. The fourth-order valence-electron chi connectivity index (χ4n) is 4.89. The van der Waals surface area contributed by atoms with Crippen LogP contribution < -0.4 is 16.2 Å². The predicted octanol–water partition coefficient (Wildman–Crippen LogP) is 5.47. The highest BCUT2D eigenvalue weighted by molar-refractivity contribution is 8.16. The molecule has 1 atom stereocenters. The zero-order valence-corrected chi connectivity index (χ0v) is 24.7. The summed E-state index contributed by atoms with van der Waals surface area (Å²) in [5.41, 5.74) is -4.11. The van der Waals surface area contributed by atoms with Crippen molar-refractivity contribution in [1.82, 2.24) is 14.9 Å². The van der Waals surface area contributed by atoms with Crippen LogP contribution in [0.1, 0.15) is 44.5 Å². The predicted molar refractivity (Wildman–Crippen MR) is 159 cm³/mol. The van der Waals surface area contributed by atoms with Crippen molar-refractivity contribution >= 4 is 55.6 Å². The van der Waals surface area contributed by atoms with Crippen LogP contribution in [0.5, 0.6) is 0 Å². The average Bonchev–Trinajstić information content (AvgIpc) is 3.25. The zero-order chi connectivity index (χ0) is 32.0. The summed E-state index contributed by atoms with van der Waals surface area (Å²) in [7, 11) is 0.720. The summed E-state index contributed by atoms with van der Waals surface area (Å²) >= 11 is 11.6. The molecule has 0 saturated carbocycles. The minimum atomic E-state index is -4.94. The molecule has 2 amide bonds. The number of carbonyl (C=O) groups is 2. The molecule has 3 heterocycles. The Balaban J connectivity index is 1.78. The molecule has 2 N–H and O–H groups in total. The van der Waals surface area contributed by atoms with Crippen molar-refractivity contribution in [2.24, 2.45) is 0 Å². The van der Waals surface area contributed by atoms with Crippen LogP contribution in [0, 0.1) is 11.6 Å². The number of nitrogens with zero attached hydrogens (tertiary/aromatic N) is 2. The van der Waals surface area contributed by atoms with Gasteiger partial charge in [0.25, 0.3) is 17.4 Å². The summed E-state index contributed by atoms with van der Waals surface area (Å²) in [6, 6.07) is 8.77. The molecule has 0 fully saturated rings. The highest BCUT2D eigenvalue weighted by Crippen LogP contribution is 2.44. The van der Waals surface area contributed by atoms with E-state index < -0.39 is 46.3 Å². The van der Waals surface area contributed by atoms with Gasteiger partial charge < -0.3 is 15.2 Å². The van der Waals surface area contributed by atoms with Gasteiger partial charge in [0.2, 0.25) is 0 Å². The van der Waals surface area contributed by atoms with Crippen LogP contribution in [0.25, 0.3) is 11.3 Å². The topological polar surface area (TPSA) is 93.1 Å². The van der Waals surface area contributed by atoms with E-state index in [-0.39, 0.29) is 44.9 Å². The molecule has 1 aliphatic heterocycles. The van der Waals surface area contributed by atoms with Crippen LogP contribution in [-0.4, -0.2) is 26.7 Å². The third-order valence-electron chi connectivity index (χ3n) is 6.87. The van der Waals surface area contributed by atoms with E-state index in [1.54, 1.807) is 6.92 Å². The first-order chi connectivity index (χ1) is 20.8. The van der Waals surface area contributed by atoms with Crippen LogP contribution in [0.2, 0.25) is 5.02 Å². The van der Waals surface area contributed by atoms with E-state index >= 15 is 0 Å². The quantitative estimate of drug-likeness (QED) is 0.211. The second kappa shape index (κ2) is 11.7. The summed E-state index contributed by atoms with van der Waals surface area (Å²) in [6.45, 7) is 2.03. The minimum absolute atomic E-state index is 0.0103. The standard InChI is InChI=1S/C29H18ClF5N4O3S2/c1-2-39-12-14(3-6-23(39)40)21-11-22(37-26(41)15-7-16(29(33,34)35)9-18(32)8-15)24-25(36-21)27(42)38-28(24,13-44-43)19-10-17(31)4-5-20(19)30/h3-13H,2H2,1H3,(H,38,42)(H,36,37,41). The fourth-order valence-corrected chi connectivity index (χ4v) is 6.04. The van der Waals surface area contributed by atoms with Gasteiger partial charge in [-0.1, -0.05) is 21.5 Å². The molecule has 7 nitrogen and oxygen atoms in total. The minimum Gasteiger partial charge on any atom is -0.333 e. The molecule has 0 saturated heterocycles. The molecule has 2 aromatic heterocycles. The summed E-state index contributed by atoms with van der Waals surface area (Å²) in [5, 5.41) is 6.55. The number of alkyl halides is 3. The summed E-state index contributed by atoms with van der Waals surface area (Å²) in [4.78, 5) is 43.6. The number of amides is 2. The van der Waals surface area contributed by atoms with Crippen molar-refractivity contribution in [2.75, 3.05) is 5.32 Å². The molecule has 5 rings (SSSR count). The largest absolute Gasteiger partial charge is 0.416 e. The summed E-state index contributed by atoms with van der Waals surface area (Å²) in [6.07, 6.45) is -3.47. The number of anilines is 1. The summed E-state index contributed by atoms with van der Waals surface area (Å²) in [5.74, 6) is -3.95. The Morgan fingerprint density at radius 1 is 1.11 bits per heavy atom. The molecule has 0 bridgehead atoms. The lowest BCUT2D eigenvalue weighted by molar-refractivity contribution is -0.137. The number of rotatable bonds is 6. The Morgan fingerprint density at radius 3 is 2.55 bits per heavy atom. The van der Waals surface area contributed by atoms with Crippen molar-refractivity contribution < 1.29 is 31.5 Å². The molecule has 44 heavy (non-hydrogen) atoms. The molecule has 0 spiro atoms. The lowest BCUT2D eigenvalue weighted by atomic mass is 9.84. The molecule has 2 aromatic carbocycles. The van der Waals surface area contributed by atoms with Gasteiger partial charge in [-0.2, -0.15) is 13.2 Å². The maximum atomic E-state index is 14.5. The zero-order valence-electron chi connectivity index (χ0n) is 22.3. The molecule has 0 radical (unpaired) electrons. The highest BCUT2D eigenvalue weighted by Gasteiger charge is 2.48. The number of hydrogen-bond donors (Lipinski definition) is 2. The number of aryl methyl sites for hydroxylation is 1. The molecule has 15 heteroatoms. The maximum Gasteiger partial charge on any atom is 0.416 e. The van der Waals surface area contributed by atoms with Gasteiger partial charge in [-0.15, -0.1) is 0 Å². The van der Waals surface area contributed by atoms with E-state index in [1.165, 1.54) is 40.4 Å². The van der Waals surface area contributed by atoms with Gasteiger partial charge >= 0.3 is 6.18 Å². The molecule has 226 valence electrons. The second-order valence-corrected chi connectivity index (χ2v) is 11.0. The van der Waals surface area contributed by atoms with Gasteiger partial charge in [-0.05, 0) is 66.6 Å². The Bertz CT molecular complexity index is 1980. The number of fused-ring (bicyclic) bond motifs is 1. The fraction of sp³-hybridized carbons (Fsp3) is 0.138. The average molecular weight is 665 g/mol. The third kappa shape index (κ3) is 5.67. The monoisotopic (exact) mass is 664 g/mol. The SMILES string of the molecule is CCn1cc(-c2cc(NC(=O)c3cc(F)cc(C(F)(F)F)c3)c3c(n2)C(=O)NC3(C=S=S)c2cc(F)ccc2Cl)ccc1=O. The number of benzene rings is 2. The van der Waals surface area contributed by atoms with Gasteiger partial charge in [-0.25, -0.2) is 13.8 Å². The first-order valence-electron chi connectivity index (χ1n) is 12.6. The van der Waals surface area contributed by atoms with Crippen molar-refractivity contribution in [3.8, 4) is 11.3 Å². The van der Waals surface area contributed by atoms with Gasteiger partial charge in [0, 0.05) is 51.5 Å². The Morgan fingerprint density at radius 2 is 1.86 bits per heavy atom. The van der Waals surface area contributed by atoms with E-state index in [0.717, 1.165) is 22.0 Å². The molecule has 1 aliphatic rings. The van der Waals surface area contributed by atoms with Crippen LogP contribution in [0.4, 0.5) is 27.6 Å². The Kier molecular flexibility index (Phi) is 8.27. The van der Waals surface area contributed by atoms with Crippen molar-refractivity contribution in [2.45, 2.75) is 25.2 Å². The van der Waals surface area contributed by atoms with Crippen molar-refractivity contribution in [1.29, 1.82) is 0 Å². The van der Waals surface area contributed by atoms with E-state index in [9.17, 15) is 36.3 Å². The van der Waals surface area contributed by atoms with E-state index in [0.29, 0.717) is 24.2 Å². The van der Waals surface area contributed by atoms with Crippen LogP contribution in [0.15, 0.2) is 65.6 Å². The first kappa shape index (κ1) is 31.2. The smallest absolute Gasteiger partial charge is 0.333 e.